The lowest BCUT2D eigenvalue weighted by atomic mass is 9.99. The summed E-state index contributed by atoms with van der Waals surface area (Å²) < 4.78 is 0. The standard InChI is InChI=1S/C11H16N6O3/c1-11(2)10(18)13-4-5-16(11)9-7(17(19)20)8(12-3)14-6-15-9/h6H,4-5H2,1-3H3,(H,13,18)(H,12,14,15). The Hall–Kier alpha value is -2.45. The molecule has 2 rings (SSSR count). The number of nitro groups is 1. The molecule has 9 nitrogen and oxygen atoms in total. The van der Waals surface area contributed by atoms with E-state index in [2.05, 4.69) is 20.6 Å². The Kier molecular flexibility index (Phi) is 3.43. The van der Waals surface area contributed by atoms with Crippen LogP contribution in [0.15, 0.2) is 6.33 Å². The van der Waals surface area contributed by atoms with Crippen LogP contribution >= 0.6 is 0 Å². The van der Waals surface area contributed by atoms with Gasteiger partial charge in [-0.25, -0.2) is 9.97 Å². The molecule has 1 fully saturated rings. The molecule has 1 amide bonds. The van der Waals surface area contributed by atoms with Crippen molar-refractivity contribution in [2.24, 2.45) is 0 Å². The second-order valence-electron chi connectivity index (χ2n) is 4.87. The fourth-order valence-electron chi connectivity index (χ4n) is 2.19. The van der Waals surface area contributed by atoms with E-state index in [4.69, 9.17) is 0 Å². The highest BCUT2D eigenvalue weighted by molar-refractivity contribution is 5.91. The van der Waals surface area contributed by atoms with Gasteiger partial charge in [-0.2, -0.15) is 0 Å². The predicted molar refractivity (Wildman–Crippen MR) is 72.7 cm³/mol. The van der Waals surface area contributed by atoms with Gasteiger partial charge in [0.25, 0.3) is 0 Å². The summed E-state index contributed by atoms with van der Waals surface area (Å²) in [6.45, 7) is 4.26. The number of rotatable bonds is 3. The first-order chi connectivity index (χ1) is 9.39. The summed E-state index contributed by atoms with van der Waals surface area (Å²) in [6.07, 6.45) is 1.25. The van der Waals surface area contributed by atoms with Gasteiger partial charge in [-0.15, -0.1) is 0 Å². The molecule has 2 N–H and O–H groups in total. The van der Waals surface area contributed by atoms with Crippen LogP contribution in [0.4, 0.5) is 17.3 Å². The molecule has 2 heterocycles. The Morgan fingerprint density at radius 1 is 1.50 bits per heavy atom. The molecule has 0 radical (unpaired) electrons. The van der Waals surface area contributed by atoms with Crippen molar-refractivity contribution in [1.82, 2.24) is 15.3 Å². The van der Waals surface area contributed by atoms with Crippen LogP contribution in [-0.2, 0) is 4.79 Å². The molecule has 0 saturated carbocycles. The number of anilines is 2. The summed E-state index contributed by atoms with van der Waals surface area (Å²) in [6, 6.07) is 0. The third kappa shape index (κ3) is 2.10. The zero-order chi connectivity index (χ0) is 14.9. The third-order valence-corrected chi connectivity index (χ3v) is 3.33. The number of nitrogens with zero attached hydrogens (tertiary/aromatic N) is 4. The number of carbonyl (C=O) groups is 1. The van der Waals surface area contributed by atoms with Crippen molar-refractivity contribution >= 4 is 23.2 Å². The first kappa shape index (κ1) is 14.0. The third-order valence-electron chi connectivity index (χ3n) is 3.33. The number of hydrogen-bond acceptors (Lipinski definition) is 7. The quantitative estimate of drug-likeness (QED) is 0.598. The summed E-state index contributed by atoms with van der Waals surface area (Å²) in [4.78, 5) is 32.2. The van der Waals surface area contributed by atoms with Gasteiger partial charge in [0.15, 0.2) is 0 Å². The van der Waals surface area contributed by atoms with E-state index >= 15 is 0 Å². The minimum absolute atomic E-state index is 0.127. The first-order valence-electron chi connectivity index (χ1n) is 6.12. The Bertz CT molecular complexity index is 559. The molecular formula is C11H16N6O3. The average molecular weight is 280 g/mol. The van der Waals surface area contributed by atoms with E-state index in [-0.39, 0.29) is 23.2 Å². The zero-order valence-corrected chi connectivity index (χ0v) is 11.5. The minimum atomic E-state index is -0.914. The van der Waals surface area contributed by atoms with Gasteiger partial charge in [0.05, 0.1) is 4.92 Å². The Morgan fingerprint density at radius 3 is 2.80 bits per heavy atom. The van der Waals surface area contributed by atoms with Crippen molar-refractivity contribution in [1.29, 1.82) is 0 Å². The topological polar surface area (TPSA) is 113 Å². The Balaban J connectivity index is 2.57. The lowest BCUT2D eigenvalue weighted by molar-refractivity contribution is -0.383. The van der Waals surface area contributed by atoms with Gasteiger partial charge in [0, 0.05) is 20.1 Å². The van der Waals surface area contributed by atoms with Crippen molar-refractivity contribution in [2.45, 2.75) is 19.4 Å². The molecule has 108 valence electrons. The van der Waals surface area contributed by atoms with Gasteiger partial charge in [-0.05, 0) is 13.8 Å². The highest BCUT2D eigenvalue weighted by atomic mass is 16.6. The first-order valence-corrected chi connectivity index (χ1v) is 6.12. The van der Waals surface area contributed by atoms with Crippen LogP contribution in [0.1, 0.15) is 13.8 Å². The predicted octanol–water partition coefficient (Wildman–Crippen LogP) is 0.141. The van der Waals surface area contributed by atoms with Crippen LogP contribution in [0.3, 0.4) is 0 Å². The Labute approximate surface area is 115 Å². The molecule has 0 bridgehead atoms. The number of amides is 1. The van der Waals surface area contributed by atoms with Crippen LogP contribution in [0, 0.1) is 10.1 Å². The number of carbonyl (C=O) groups excluding carboxylic acids is 1. The van der Waals surface area contributed by atoms with E-state index in [9.17, 15) is 14.9 Å². The molecule has 9 heteroatoms. The lowest BCUT2D eigenvalue weighted by Crippen LogP contribution is -2.62. The van der Waals surface area contributed by atoms with Gasteiger partial charge in [-0.3, -0.25) is 14.9 Å². The van der Waals surface area contributed by atoms with Crippen LogP contribution in [0.25, 0.3) is 0 Å². The molecule has 0 aliphatic carbocycles. The fraction of sp³-hybridized carbons (Fsp3) is 0.545. The molecule has 1 aromatic heterocycles. The van der Waals surface area contributed by atoms with Gasteiger partial charge >= 0.3 is 5.69 Å². The van der Waals surface area contributed by atoms with Gasteiger partial charge in [-0.1, -0.05) is 0 Å². The monoisotopic (exact) mass is 280 g/mol. The van der Waals surface area contributed by atoms with E-state index in [1.807, 2.05) is 0 Å². The minimum Gasteiger partial charge on any atom is -0.367 e. The second kappa shape index (κ2) is 4.91. The van der Waals surface area contributed by atoms with Gasteiger partial charge < -0.3 is 15.5 Å². The van der Waals surface area contributed by atoms with Crippen LogP contribution in [-0.4, -0.2) is 46.5 Å². The van der Waals surface area contributed by atoms with E-state index in [1.54, 1.807) is 25.8 Å². The molecule has 0 aromatic carbocycles. The summed E-state index contributed by atoms with van der Waals surface area (Å²) in [5.74, 6) is 0.0821. The van der Waals surface area contributed by atoms with E-state index in [0.29, 0.717) is 13.1 Å². The zero-order valence-electron chi connectivity index (χ0n) is 11.5. The summed E-state index contributed by atoms with van der Waals surface area (Å²) in [5.41, 5.74) is -1.14. The highest BCUT2D eigenvalue weighted by Gasteiger charge is 2.42. The van der Waals surface area contributed by atoms with E-state index < -0.39 is 10.5 Å². The normalized spacial score (nSPS) is 17.6. The van der Waals surface area contributed by atoms with Crippen LogP contribution < -0.4 is 15.5 Å². The van der Waals surface area contributed by atoms with Gasteiger partial charge in [0.1, 0.15) is 11.9 Å². The molecular weight excluding hydrogens is 264 g/mol. The molecule has 1 aliphatic heterocycles. The number of nitrogens with one attached hydrogen (secondary N) is 2. The molecule has 1 aliphatic rings. The maximum absolute atomic E-state index is 12.0. The Morgan fingerprint density at radius 2 is 2.20 bits per heavy atom. The van der Waals surface area contributed by atoms with E-state index in [1.165, 1.54) is 6.33 Å². The molecule has 20 heavy (non-hydrogen) atoms. The molecule has 0 spiro atoms. The number of hydrogen-bond donors (Lipinski definition) is 2. The molecule has 0 atom stereocenters. The largest absolute Gasteiger partial charge is 0.367 e. The average Bonchev–Trinajstić information content (AvgIpc) is 2.40. The maximum Gasteiger partial charge on any atom is 0.353 e. The van der Waals surface area contributed by atoms with Crippen molar-refractivity contribution in [3.63, 3.8) is 0 Å². The fourth-order valence-corrected chi connectivity index (χ4v) is 2.19. The lowest BCUT2D eigenvalue weighted by Gasteiger charge is -2.41. The van der Waals surface area contributed by atoms with Gasteiger partial charge in [0.2, 0.25) is 17.5 Å². The van der Waals surface area contributed by atoms with E-state index in [0.717, 1.165) is 0 Å². The summed E-state index contributed by atoms with van der Waals surface area (Å²) in [5, 5.41) is 16.7. The van der Waals surface area contributed by atoms with Crippen LogP contribution in [0.5, 0.6) is 0 Å². The highest BCUT2D eigenvalue weighted by Crippen LogP contribution is 2.35. The molecule has 1 saturated heterocycles. The number of piperazine rings is 1. The maximum atomic E-state index is 12.0. The number of aromatic nitrogens is 2. The van der Waals surface area contributed by atoms with Crippen molar-refractivity contribution in [2.75, 3.05) is 30.4 Å². The smallest absolute Gasteiger partial charge is 0.353 e. The van der Waals surface area contributed by atoms with Crippen molar-refractivity contribution < 1.29 is 9.72 Å². The SMILES string of the molecule is CNc1ncnc(N2CCNC(=O)C2(C)C)c1[N+](=O)[O-]. The van der Waals surface area contributed by atoms with Crippen LogP contribution in [0.2, 0.25) is 0 Å². The summed E-state index contributed by atoms with van der Waals surface area (Å²) >= 11 is 0. The summed E-state index contributed by atoms with van der Waals surface area (Å²) in [7, 11) is 1.55. The molecule has 0 unspecified atom stereocenters. The molecule has 1 aromatic rings. The van der Waals surface area contributed by atoms with Crippen molar-refractivity contribution in [3.05, 3.63) is 16.4 Å². The van der Waals surface area contributed by atoms with Crippen molar-refractivity contribution in [3.8, 4) is 0 Å². The second-order valence-corrected chi connectivity index (χ2v) is 4.87.